The van der Waals surface area contributed by atoms with Gasteiger partial charge in [-0.25, -0.2) is 9.50 Å². The van der Waals surface area contributed by atoms with Crippen LogP contribution in [-0.4, -0.2) is 33.5 Å². The summed E-state index contributed by atoms with van der Waals surface area (Å²) in [6.07, 6.45) is 3.43. The molecule has 14 heavy (non-hydrogen) atoms. The topological polar surface area (TPSA) is 54.6 Å². The number of hydrogen-bond donors (Lipinski definition) is 1. The lowest BCUT2D eigenvalue weighted by Gasteiger charge is -2.02. The predicted molar refractivity (Wildman–Crippen MR) is 52.4 cm³/mol. The summed E-state index contributed by atoms with van der Waals surface area (Å²) in [6, 6.07) is 3.95. The van der Waals surface area contributed by atoms with Crippen LogP contribution in [0.5, 0.6) is 0 Å². The van der Waals surface area contributed by atoms with Gasteiger partial charge >= 0.3 is 0 Å². The molecule has 3 heterocycles. The molecule has 0 aromatic carbocycles. The molecule has 1 N–H and O–H groups in total. The van der Waals surface area contributed by atoms with Crippen LogP contribution in [0.25, 0.3) is 5.65 Å². The SMILES string of the molecule is c1cc(C2=NCCN2)c2ncnn2c1. The van der Waals surface area contributed by atoms with Gasteiger partial charge in [0.1, 0.15) is 12.2 Å². The number of aromatic nitrogens is 3. The molecule has 0 saturated heterocycles. The molecule has 0 unspecified atom stereocenters. The van der Waals surface area contributed by atoms with Gasteiger partial charge in [0.2, 0.25) is 0 Å². The summed E-state index contributed by atoms with van der Waals surface area (Å²) in [7, 11) is 0. The molecule has 2 aromatic rings. The largest absolute Gasteiger partial charge is 0.368 e. The van der Waals surface area contributed by atoms with Gasteiger partial charge in [-0.05, 0) is 12.1 Å². The third-order valence-corrected chi connectivity index (χ3v) is 2.23. The Balaban J connectivity index is 2.24. The minimum atomic E-state index is 0.838. The molecule has 5 heteroatoms. The monoisotopic (exact) mass is 187 g/mol. The van der Waals surface area contributed by atoms with Crippen LogP contribution < -0.4 is 5.32 Å². The molecule has 0 spiro atoms. The van der Waals surface area contributed by atoms with Crippen molar-refractivity contribution >= 4 is 11.5 Å². The van der Waals surface area contributed by atoms with Crippen molar-refractivity contribution in [2.45, 2.75) is 0 Å². The predicted octanol–water partition coefficient (Wildman–Crippen LogP) is 0.0791. The second-order valence-corrected chi connectivity index (χ2v) is 3.11. The Kier molecular flexibility index (Phi) is 1.50. The molecule has 1 aliphatic heterocycles. The summed E-state index contributed by atoms with van der Waals surface area (Å²) in [5, 5.41) is 7.30. The van der Waals surface area contributed by atoms with Crippen molar-refractivity contribution < 1.29 is 0 Å². The number of nitrogens with zero attached hydrogens (tertiary/aromatic N) is 4. The van der Waals surface area contributed by atoms with Crippen molar-refractivity contribution in [1.82, 2.24) is 19.9 Å². The van der Waals surface area contributed by atoms with Gasteiger partial charge in [-0.2, -0.15) is 5.10 Å². The van der Waals surface area contributed by atoms with Crippen molar-refractivity contribution in [1.29, 1.82) is 0 Å². The second-order valence-electron chi connectivity index (χ2n) is 3.11. The third-order valence-electron chi connectivity index (χ3n) is 2.23. The highest BCUT2D eigenvalue weighted by atomic mass is 15.3. The highest BCUT2D eigenvalue weighted by Gasteiger charge is 2.12. The third kappa shape index (κ3) is 0.985. The van der Waals surface area contributed by atoms with Gasteiger partial charge in [-0.15, -0.1) is 0 Å². The first-order chi connectivity index (χ1) is 6.95. The molecule has 0 amide bonds. The fourth-order valence-corrected chi connectivity index (χ4v) is 1.61. The van der Waals surface area contributed by atoms with Gasteiger partial charge in [-0.1, -0.05) is 0 Å². The van der Waals surface area contributed by atoms with Crippen LogP contribution in [0.2, 0.25) is 0 Å². The van der Waals surface area contributed by atoms with E-state index in [1.807, 2.05) is 18.3 Å². The molecular weight excluding hydrogens is 178 g/mol. The van der Waals surface area contributed by atoms with Crippen LogP contribution >= 0.6 is 0 Å². The van der Waals surface area contributed by atoms with E-state index in [1.165, 1.54) is 0 Å². The van der Waals surface area contributed by atoms with Crippen LogP contribution in [0.3, 0.4) is 0 Å². The summed E-state index contributed by atoms with van der Waals surface area (Å²) < 4.78 is 1.75. The normalized spacial score (nSPS) is 15.6. The van der Waals surface area contributed by atoms with E-state index < -0.39 is 0 Å². The maximum atomic E-state index is 4.36. The Morgan fingerprint density at radius 2 is 2.43 bits per heavy atom. The number of rotatable bonds is 1. The summed E-state index contributed by atoms with van der Waals surface area (Å²) >= 11 is 0. The number of nitrogens with one attached hydrogen (secondary N) is 1. The Morgan fingerprint density at radius 1 is 1.43 bits per heavy atom. The molecule has 0 radical (unpaired) electrons. The number of hydrogen-bond acceptors (Lipinski definition) is 4. The Morgan fingerprint density at radius 3 is 3.29 bits per heavy atom. The Hall–Kier alpha value is -1.91. The fraction of sp³-hybridized carbons (Fsp3) is 0.222. The number of amidine groups is 1. The molecule has 1 aliphatic rings. The van der Waals surface area contributed by atoms with Gasteiger partial charge in [0.05, 0.1) is 12.1 Å². The van der Waals surface area contributed by atoms with Gasteiger partial charge in [-0.3, -0.25) is 4.99 Å². The number of pyridine rings is 1. The molecule has 70 valence electrons. The van der Waals surface area contributed by atoms with Crippen molar-refractivity contribution in [2.75, 3.05) is 13.1 Å². The van der Waals surface area contributed by atoms with Crippen LogP contribution in [-0.2, 0) is 0 Å². The smallest absolute Gasteiger partial charge is 0.166 e. The Bertz CT molecular complexity index is 499. The van der Waals surface area contributed by atoms with E-state index in [2.05, 4.69) is 20.4 Å². The number of fused-ring (bicyclic) bond motifs is 1. The molecule has 3 rings (SSSR count). The zero-order valence-corrected chi connectivity index (χ0v) is 7.51. The molecule has 0 fully saturated rings. The van der Waals surface area contributed by atoms with Crippen molar-refractivity contribution in [3.05, 3.63) is 30.2 Å². The molecule has 0 atom stereocenters. The average molecular weight is 187 g/mol. The van der Waals surface area contributed by atoms with Gasteiger partial charge in [0.25, 0.3) is 0 Å². The summed E-state index contributed by atoms with van der Waals surface area (Å²) in [5.74, 6) is 0.920. The van der Waals surface area contributed by atoms with E-state index in [0.29, 0.717) is 0 Å². The lowest BCUT2D eigenvalue weighted by Crippen LogP contribution is -2.20. The van der Waals surface area contributed by atoms with Crippen LogP contribution in [0, 0.1) is 0 Å². The van der Waals surface area contributed by atoms with Gasteiger partial charge < -0.3 is 5.32 Å². The molecule has 2 aromatic heterocycles. The molecule has 0 saturated carbocycles. The standard InChI is InChI=1S/C9H9N5/c1-2-7(8-10-3-4-11-8)9-12-6-13-14(9)5-1/h1-2,5-6H,3-4H2,(H,10,11). The summed E-state index contributed by atoms with van der Waals surface area (Å²) in [5.41, 5.74) is 1.86. The maximum Gasteiger partial charge on any atom is 0.166 e. The molecule has 0 bridgehead atoms. The first-order valence-electron chi connectivity index (χ1n) is 4.52. The van der Waals surface area contributed by atoms with Gasteiger partial charge in [0, 0.05) is 12.7 Å². The van der Waals surface area contributed by atoms with Crippen LogP contribution in [0.15, 0.2) is 29.6 Å². The van der Waals surface area contributed by atoms with Gasteiger partial charge in [0.15, 0.2) is 5.65 Å². The highest BCUT2D eigenvalue weighted by Crippen LogP contribution is 2.08. The van der Waals surface area contributed by atoms with E-state index in [0.717, 1.165) is 30.1 Å². The number of aliphatic imine (C=N–C) groups is 1. The zero-order valence-electron chi connectivity index (χ0n) is 7.51. The molecular formula is C9H9N5. The Labute approximate surface area is 80.5 Å². The molecule has 0 aliphatic carbocycles. The van der Waals surface area contributed by atoms with Crippen molar-refractivity contribution in [2.24, 2.45) is 4.99 Å². The fourth-order valence-electron chi connectivity index (χ4n) is 1.61. The first-order valence-corrected chi connectivity index (χ1v) is 4.52. The zero-order chi connectivity index (χ0) is 9.38. The summed E-state index contributed by atoms with van der Waals surface area (Å²) in [4.78, 5) is 8.55. The molecule has 5 nitrogen and oxygen atoms in total. The van der Waals surface area contributed by atoms with E-state index >= 15 is 0 Å². The average Bonchev–Trinajstić information content (AvgIpc) is 2.88. The van der Waals surface area contributed by atoms with Crippen LogP contribution in [0.1, 0.15) is 5.56 Å². The quantitative estimate of drug-likeness (QED) is 0.687. The van der Waals surface area contributed by atoms with E-state index in [-0.39, 0.29) is 0 Å². The van der Waals surface area contributed by atoms with Crippen LogP contribution in [0.4, 0.5) is 0 Å². The minimum absolute atomic E-state index is 0.838. The highest BCUT2D eigenvalue weighted by molar-refractivity contribution is 6.04. The van der Waals surface area contributed by atoms with E-state index in [1.54, 1.807) is 10.8 Å². The summed E-state index contributed by atoms with van der Waals surface area (Å²) in [6.45, 7) is 1.75. The van der Waals surface area contributed by atoms with E-state index in [9.17, 15) is 0 Å². The first kappa shape index (κ1) is 7.49. The lowest BCUT2D eigenvalue weighted by molar-refractivity contribution is 0.951. The lowest BCUT2D eigenvalue weighted by atomic mass is 10.2. The second kappa shape index (κ2) is 2.80. The minimum Gasteiger partial charge on any atom is -0.368 e. The maximum absolute atomic E-state index is 4.36. The van der Waals surface area contributed by atoms with Crippen molar-refractivity contribution in [3.8, 4) is 0 Å². The van der Waals surface area contributed by atoms with E-state index in [4.69, 9.17) is 0 Å². The van der Waals surface area contributed by atoms with Crippen molar-refractivity contribution in [3.63, 3.8) is 0 Å².